The van der Waals surface area contributed by atoms with Crippen molar-refractivity contribution in [3.8, 4) is 0 Å². The third-order valence-electron chi connectivity index (χ3n) is 3.40. The molecule has 1 aromatic heterocycles. The summed E-state index contributed by atoms with van der Waals surface area (Å²) in [6.07, 6.45) is 4.85. The van der Waals surface area contributed by atoms with Crippen molar-refractivity contribution >= 4 is 0 Å². The monoisotopic (exact) mass is 243 g/mol. The lowest BCUT2D eigenvalue weighted by Gasteiger charge is -2.23. The zero-order chi connectivity index (χ0) is 12.4. The van der Waals surface area contributed by atoms with Crippen molar-refractivity contribution in [2.24, 2.45) is 0 Å². The molecule has 0 spiro atoms. The quantitative estimate of drug-likeness (QED) is 0.811. The van der Waals surface area contributed by atoms with E-state index in [2.05, 4.69) is 0 Å². The fourth-order valence-corrected chi connectivity index (χ4v) is 2.44. The van der Waals surface area contributed by atoms with Crippen molar-refractivity contribution < 1.29 is 14.0 Å². The predicted octanol–water partition coefficient (Wildman–Crippen LogP) is 2.74. The highest BCUT2D eigenvalue weighted by atomic mass is 19.1. The molecule has 1 heterocycles. The van der Waals surface area contributed by atoms with Crippen molar-refractivity contribution in [3.63, 3.8) is 0 Å². The lowest BCUT2D eigenvalue weighted by Crippen LogP contribution is -2.27. The maximum Gasteiger partial charge on any atom is 0.319 e. The van der Waals surface area contributed by atoms with Gasteiger partial charge in [-0.3, -0.25) is 4.79 Å². The first-order valence-electron chi connectivity index (χ1n) is 5.84. The van der Waals surface area contributed by atoms with Crippen LogP contribution in [0.2, 0.25) is 0 Å². The van der Waals surface area contributed by atoms with Crippen molar-refractivity contribution in [2.75, 3.05) is 0 Å². The molecule has 0 aliphatic heterocycles. The molecule has 1 aromatic rings. The molecule has 1 N–H and O–H groups in total. The topological polar surface area (TPSA) is 42.2 Å². The van der Waals surface area contributed by atoms with Gasteiger partial charge >= 0.3 is 5.56 Å². The number of hydrogen-bond donors (Lipinski definition) is 1. The molecule has 0 unspecified atom stereocenters. The summed E-state index contributed by atoms with van der Waals surface area (Å²) in [5.74, 6) is -1.18. The highest BCUT2D eigenvalue weighted by Crippen LogP contribution is 2.32. The zero-order valence-corrected chi connectivity index (χ0v) is 9.46. The van der Waals surface area contributed by atoms with Gasteiger partial charge in [0.25, 0.3) is 0 Å². The van der Waals surface area contributed by atoms with E-state index in [1.807, 2.05) is 0 Å². The minimum Gasteiger partial charge on any atom is -0.425 e. The van der Waals surface area contributed by atoms with Crippen molar-refractivity contribution in [1.29, 1.82) is 0 Å². The van der Waals surface area contributed by atoms with Gasteiger partial charge in [-0.25, -0.2) is 8.78 Å². The minimum absolute atomic E-state index is 0.0207. The molecule has 1 saturated carbocycles. The SMILES string of the molecule is O=c1c(F)c(CF)cc(C2CCCCC2)n1O. The van der Waals surface area contributed by atoms with Gasteiger partial charge in [0.15, 0.2) is 5.82 Å². The van der Waals surface area contributed by atoms with Crippen molar-refractivity contribution in [2.45, 2.75) is 44.7 Å². The largest absolute Gasteiger partial charge is 0.425 e. The van der Waals surface area contributed by atoms with Gasteiger partial charge in [0.1, 0.15) is 6.67 Å². The lowest BCUT2D eigenvalue weighted by molar-refractivity contribution is 0.151. The van der Waals surface area contributed by atoms with Gasteiger partial charge in [0, 0.05) is 11.5 Å². The molecular weight excluding hydrogens is 228 g/mol. The number of nitrogens with zero attached hydrogens (tertiary/aromatic N) is 1. The smallest absolute Gasteiger partial charge is 0.319 e. The van der Waals surface area contributed by atoms with Crippen LogP contribution in [-0.4, -0.2) is 9.94 Å². The third kappa shape index (κ3) is 2.18. The normalized spacial score (nSPS) is 17.3. The van der Waals surface area contributed by atoms with Crippen LogP contribution in [0.25, 0.3) is 0 Å². The average molecular weight is 243 g/mol. The highest BCUT2D eigenvalue weighted by molar-refractivity contribution is 5.21. The first-order valence-corrected chi connectivity index (χ1v) is 5.84. The second-order valence-corrected chi connectivity index (χ2v) is 4.49. The Bertz CT molecular complexity index is 464. The molecule has 0 radical (unpaired) electrons. The fourth-order valence-electron chi connectivity index (χ4n) is 2.44. The van der Waals surface area contributed by atoms with Crippen LogP contribution < -0.4 is 5.56 Å². The van der Waals surface area contributed by atoms with Crippen LogP contribution in [0, 0.1) is 5.82 Å². The third-order valence-corrected chi connectivity index (χ3v) is 3.40. The molecule has 1 aliphatic rings. The molecule has 0 bridgehead atoms. The maximum absolute atomic E-state index is 13.3. The molecule has 0 aromatic carbocycles. The van der Waals surface area contributed by atoms with Gasteiger partial charge in [-0.1, -0.05) is 19.3 Å². The Morgan fingerprint density at radius 2 is 2.00 bits per heavy atom. The Balaban J connectivity index is 2.45. The summed E-state index contributed by atoms with van der Waals surface area (Å²) in [6.45, 7) is -1.03. The number of hydrogen-bond acceptors (Lipinski definition) is 2. The van der Waals surface area contributed by atoms with E-state index in [9.17, 15) is 18.8 Å². The van der Waals surface area contributed by atoms with E-state index in [0.717, 1.165) is 32.1 Å². The minimum atomic E-state index is -1.20. The Kier molecular flexibility index (Phi) is 3.45. The predicted molar refractivity (Wildman–Crippen MR) is 58.5 cm³/mol. The molecule has 5 heteroatoms. The Labute approximate surface area is 97.7 Å². The summed E-state index contributed by atoms with van der Waals surface area (Å²) in [4.78, 5) is 11.4. The van der Waals surface area contributed by atoms with E-state index in [4.69, 9.17) is 0 Å². The second kappa shape index (κ2) is 4.85. The lowest BCUT2D eigenvalue weighted by atomic mass is 9.86. The van der Waals surface area contributed by atoms with Crippen LogP contribution in [0.15, 0.2) is 10.9 Å². The van der Waals surface area contributed by atoms with Crippen molar-refractivity contribution in [1.82, 2.24) is 4.73 Å². The van der Waals surface area contributed by atoms with Gasteiger partial charge in [0.05, 0.1) is 5.69 Å². The average Bonchev–Trinajstić information content (AvgIpc) is 2.37. The summed E-state index contributed by atoms with van der Waals surface area (Å²) < 4.78 is 26.2. The zero-order valence-electron chi connectivity index (χ0n) is 9.46. The highest BCUT2D eigenvalue weighted by Gasteiger charge is 2.22. The number of aromatic nitrogens is 1. The summed E-state index contributed by atoms with van der Waals surface area (Å²) in [5, 5.41) is 9.59. The summed E-state index contributed by atoms with van der Waals surface area (Å²) in [7, 11) is 0. The van der Waals surface area contributed by atoms with Crippen LogP contribution in [0.3, 0.4) is 0 Å². The van der Waals surface area contributed by atoms with Gasteiger partial charge < -0.3 is 5.21 Å². The van der Waals surface area contributed by atoms with Gasteiger partial charge in [-0.05, 0) is 18.9 Å². The number of rotatable bonds is 2. The van der Waals surface area contributed by atoms with E-state index in [1.54, 1.807) is 0 Å². The number of halogens is 2. The molecule has 1 fully saturated rings. The summed E-state index contributed by atoms with van der Waals surface area (Å²) in [6, 6.07) is 1.27. The first-order chi connectivity index (χ1) is 8.15. The fraction of sp³-hybridized carbons (Fsp3) is 0.583. The molecule has 0 saturated heterocycles. The number of alkyl halides is 1. The molecule has 0 amide bonds. The Morgan fingerprint density at radius 1 is 1.35 bits per heavy atom. The number of pyridine rings is 1. The van der Waals surface area contributed by atoms with E-state index in [-0.39, 0.29) is 11.5 Å². The summed E-state index contributed by atoms with van der Waals surface area (Å²) in [5.41, 5.74) is -1.08. The Morgan fingerprint density at radius 3 is 2.59 bits per heavy atom. The van der Waals surface area contributed by atoms with E-state index in [1.165, 1.54) is 6.07 Å². The standard InChI is InChI=1S/C12H15F2NO2/c13-7-9-6-10(8-4-2-1-3-5-8)15(17)12(16)11(9)14/h6,8,17H,1-5,7H2. The molecule has 17 heavy (non-hydrogen) atoms. The van der Waals surface area contributed by atoms with Gasteiger partial charge in [-0.2, -0.15) is 0 Å². The van der Waals surface area contributed by atoms with E-state index >= 15 is 0 Å². The molecular formula is C12H15F2NO2. The maximum atomic E-state index is 13.3. The van der Waals surface area contributed by atoms with Crippen LogP contribution >= 0.6 is 0 Å². The van der Waals surface area contributed by atoms with Crippen LogP contribution in [-0.2, 0) is 6.67 Å². The second-order valence-electron chi connectivity index (χ2n) is 4.49. The van der Waals surface area contributed by atoms with Crippen LogP contribution in [0.4, 0.5) is 8.78 Å². The molecule has 1 aliphatic carbocycles. The first kappa shape index (κ1) is 12.1. The van der Waals surface area contributed by atoms with Gasteiger partial charge in [-0.15, -0.1) is 4.73 Å². The van der Waals surface area contributed by atoms with Gasteiger partial charge in [0.2, 0.25) is 0 Å². The molecule has 3 nitrogen and oxygen atoms in total. The van der Waals surface area contributed by atoms with E-state index in [0.29, 0.717) is 10.4 Å². The van der Waals surface area contributed by atoms with Crippen molar-refractivity contribution in [3.05, 3.63) is 33.5 Å². The van der Waals surface area contributed by atoms with Crippen LogP contribution in [0.5, 0.6) is 0 Å². The molecule has 2 rings (SSSR count). The Hall–Kier alpha value is -1.39. The summed E-state index contributed by atoms with van der Waals surface area (Å²) >= 11 is 0. The molecule has 0 atom stereocenters. The van der Waals surface area contributed by atoms with Crippen LogP contribution in [0.1, 0.15) is 49.3 Å². The molecule has 94 valence electrons. The van der Waals surface area contributed by atoms with E-state index < -0.39 is 18.1 Å².